The zero-order valence-electron chi connectivity index (χ0n) is 5.45. The minimum Gasteiger partial charge on any atom is -0.422 e. The lowest BCUT2D eigenvalue weighted by molar-refractivity contribution is 0.122. The van der Waals surface area contributed by atoms with Crippen molar-refractivity contribution >= 4 is 6.16 Å². The first-order valence-electron chi connectivity index (χ1n) is 2.90. The topological polar surface area (TPSA) is 35.5 Å². The SMILES string of the molecule is C=C[C@@H]1OC(=O)O[C@H]1C=C. The molecule has 0 bridgehead atoms. The van der Waals surface area contributed by atoms with Crippen LogP contribution >= 0.6 is 0 Å². The molecule has 0 aromatic carbocycles. The van der Waals surface area contributed by atoms with E-state index in [0.717, 1.165) is 0 Å². The van der Waals surface area contributed by atoms with Gasteiger partial charge in [-0.3, -0.25) is 0 Å². The Bertz CT molecular complexity index is 156. The maximum absolute atomic E-state index is 10.4. The molecule has 0 radical (unpaired) electrons. The van der Waals surface area contributed by atoms with Gasteiger partial charge in [-0.15, -0.1) is 0 Å². The molecule has 0 saturated carbocycles. The summed E-state index contributed by atoms with van der Waals surface area (Å²) < 4.78 is 9.33. The Morgan fingerprint density at radius 3 is 1.90 bits per heavy atom. The zero-order valence-corrected chi connectivity index (χ0v) is 5.45. The molecule has 0 amide bonds. The Kier molecular flexibility index (Phi) is 1.76. The van der Waals surface area contributed by atoms with Gasteiger partial charge in [0.25, 0.3) is 0 Å². The minimum absolute atomic E-state index is 0.370. The van der Waals surface area contributed by atoms with Crippen molar-refractivity contribution < 1.29 is 14.3 Å². The van der Waals surface area contributed by atoms with Gasteiger partial charge in [-0.1, -0.05) is 13.2 Å². The summed E-state index contributed by atoms with van der Waals surface area (Å²) in [4.78, 5) is 10.4. The van der Waals surface area contributed by atoms with Crippen LogP contribution in [0.3, 0.4) is 0 Å². The van der Waals surface area contributed by atoms with E-state index in [4.69, 9.17) is 0 Å². The third kappa shape index (κ3) is 1.03. The van der Waals surface area contributed by atoms with Crippen LogP contribution in [0.5, 0.6) is 0 Å². The van der Waals surface area contributed by atoms with Crippen LogP contribution in [0.25, 0.3) is 0 Å². The average molecular weight is 140 g/mol. The normalized spacial score (nSPS) is 30.6. The molecule has 1 saturated heterocycles. The lowest BCUT2D eigenvalue weighted by atomic mass is 10.2. The summed E-state index contributed by atoms with van der Waals surface area (Å²) >= 11 is 0. The highest BCUT2D eigenvalue weighted by atomic mass is 16.8. The molecule has 0 aliphatic carbocycles. The predicted molar refractivity (Wildman–Crippen MR) is 35.5 cm³/mol. The second-order valence-electron chi connectivity index (χ2n) is 1.89. The summed E-state index contributed by atoms with van der Waals surface area (Å²) in [6, 6.07) is 0. The molecule has 3 nitrogen and oxygen atoms in total. The molecule has 0 spiro atoms. The van der Waals surface area contributed by atoms with Crippen molar-refractivity contribution in [3.05, 3.63) is 25.3 Å². The maximum Gasteiger partial charge on any atom is 0.509 e. The van der Waals surface area contributed by atoms with Crippen molar-refractivity contribution in [2.75, 3.05) is 0 Å². The van der Waals surface area contributed by atoms with Crippen molar-refractivity contribution in [2.24, 2.45) is 0 Å². The van der Waals surface area contributed by atoms with Crippen LogP contribution in [0.1, 0.15) is 0 Å². The molecule has 1 fully saturated rings. The highest BCUT2D eigenvalue weighted by Gasteiger charge is 2.31. The fourth-order valence-electron chi connectivity index (χ4n) is 0.749. The van der Waals surface area contributed by atoms with E-state index in [9.17, 15) is 4.79 Å². The molecule has 1 heterocycles. The highest BCUT2D eigenvalue weighted by Crippen LogP contribution is 2.16. The lowest BCUT2D eigenvalue weighted by Crippen LogP contribution is -2.16. The number of hydrogen-bond acceptors (Lipinski definition) is 3. The number of rotatable bonds is 2. The molecule has 1 aliphatic rings. The molecular weight excluding hydrogens is 132 g/mol. The molecule has 1 rings (SSSR count). The molecule has 0 unspecified atom stereocenters. The second kappa shape index (κ2) is 2.56. The van der Waals surface area contributed by atoms with Crippen LogP contribution in [0.15, 0.2) is 25.3 Å². The largest absolute Gasteiger partial charge is 0.509 e. The van der Waals surface area contributed by atoms with E-state index in [1.807, 2.05) is 0 Å². The standard InChI is InChI=1S/C7H8O3/c1-3-5-6(4-2)10-7(8)9-5/h3-6H,1-2H2/t5-,6-/m0/s1. The van der Waals surface area contributed by atoms with E-state index in [1.165, 1.54) is 12.2 Å². The van der Waals surface area contributed by atoms with Crippen LogP contribution in [0.4, 0.5) is 4.79 Å². The smallest absolute Gasteiger partial charge is 0.422 e. The van der Waals surface area contributed by atoms with E-state index < -0.39 is 6.16 Å². The summed E-state index contributed by atoms with van der Waals surface area (Å²) in [6.07, 6.45) is 1.62. The third-order valence-electron chi connectivity index (χ3n) is 1.25. The van der Waals surface area contributed by atoms with Gasteiger partial charge in [-0.05, 0) is 12.2 Å². The van der Waals surface area contributed by atoms with Gasteiger partial charge in [0.15, 0.2) is 12.2 Å². The van der Waals surface area contributed by atoms with E-state index in [-0.39, 0.29) is 12.2 Å². The third-order valence-corrected chi connectivity index (χ3v) is 1.25. The average Bonchev–Trinajstić information content (AvgIpc) is 2.30. The Hall–Kier alpha value is -1.25. The summed E-state index contributed by atoms with van der Waals surface area (Å²) in [5, 5.41) is 0. The number of cyclic esters (lactones) is 2. The predicted octanol–water partition coefficient (Wildman–Crippen LogP) is 1.26. The van der Waals surface area contributed by atoms with Crippen molar-refractivity contribution in [1.29, 1.82) is 0 Å². The molecule has 3 heteroatoms. The summed E-state index contributed by atoms with van der Waals surface area (Å²) in [6.45, 7) is 6.94. The van der Waals surface area contributed by atoms with Gasteiger partial charge < -0.3 is 9.47 Å². The first-order chi connectivity index (χ1) is 4.77. The summed E-state index contributed by atoms with van der Waals surface area (Å²) in [5.74, 6) is 0. The van der Waals surface area contributed by atoms with Crippen molar-refractivity contribution in [3.8, 4) is 0 Å². The Morgan fingerprint density at radius 1 is 1.20 bits per heavy atom. The molecule has 1 aliphatic heterocycles. The lowest BCUT2D eigenvalue weighted by Gasteiger charge is -2.03. The van der Waals surface area contributed by atoms with Crippen LogP contribution in [-0.2, 0) is 9.47 Å². The van der Waals surface area contributed by atoms with Crippen LogP contribution in [0.2, 0.25) is 0 Å². The molecule has 54 valence electrons. The number of ether oxygens (including phenoxy) is 2. The fourth-order valence-corrected chi connectivity index (χ4v) is 0.749. The van der Waals surface area contributed by atoms with E-state index in [1.54, 1.807) is 0 Å². The van der Waals surface area contributed by atoms with Crippen molar-refractivity contribution in [1.82, 2.24) is 0 Å². The molecule has 0 aromatic rings. The number of carbonyl (C=O) groups excluding carboxylic acids is 1. The van der Waals surface area contributed by atoms with Crippen LogP contribution < -0.4 is 0 Å². The molecule has 0 aromatic heterocycles. The Balaban J connectivity index is 2.65. The fraction of sp³-hybridized carbons (Fsp3) is 0.286. The van der Waals surface area contributed by atoms with Gasteiger partial charge in [0.2, 0.25) is 0 Å². The van der Waals surface area contributed by atoms with Crippen molar-refractivity contribution in [2.45, 2.75) is 12.2 Å². The Morgan fingerprint density at radius 2 is 1.60 bits per heavy atom. The number of hydrogen-bond donors (Lipinski definition) is 0. The van der Waals surface area contributed by atoms with Gasteiger partial charge in [0, 0.05) is 0 Å². The van der Waals surface area contributed by atoms with E-state index in [0.29, 0.717) is 0 Å². The maximum atomic E-state index is 10.4. The second-order valence-corrected chi connectivity index (χ2v) is 1.89. The molecule has 10 heavy (non-hydrogen) atoms. The Labute approximate surface area is 58.9 Å². The van der Waals surface area contributed by atoms with Gasteiger partial charge in [0.05, 0.1) is 0 Å². The molecular formula is C7H8O3. The summed E-state index contributed by atoms with van der Waals surface area (Å²) in [7, 11) is 0. The zero-order chi connectivity index (χ0) is 7.56. The number of carbonyl (C=O) groups is 1. The first kappa shape index (κ1) is 6.86. The monoisotopic (exact) mass is 140 g/mol. The molecule has 2 atom stereocenters. The quantitative estimate of drug-likeness (QED) is 0.428. The summed E-state index contributed by atoms with van der Waals surface area (Å²) in [5.41, 5.74) is 0. The highest BCUT2D eigenvalue weighted by molar-refractivity contribution is 5.63. The van der Waals surface area contributed by atoms with Crippen LogP contribution in [-0.4, -0.2) is 18.4 Å². The van der Waals surface area contributed by atoms with Gasteiger partial charge >= 0.3 is 6.16 Å². The first-order valence-corrected chi connectivity index (χ1v) is 2.90. The van der Waals surface area contributed by atoms with Gasteiger partial charge in [-0.25, -0.2) is 4.79 Å². The van der Waals surface area contributed by atoms with Gasteiger partial charge in [-0.2, -0.15) is 0 Å². The minimum atomic E-state index is -0.658. The van der Waals surface area contributed by atoms with E-state index in [2.05, 4.69) is 22.6 Å². The van der Waals surface area contributed by atoms with Gasteiger partial charge in [0.1, 0.15) is 0 Å². The van der Waals surface area contributed by atoms with Crippen molar-refractivity contribution in [3.63, 3.8) is 0 Å². The van der Waals surface area contributed by atoms with Crippen LogP contribution in [0, 0.1) is 0 Å². The van der Waals surface area contributed by atoms with E-state index >= 15 is 0 Å². The molecule has 0 N–H and O–H groups in total.